The standard InChI is InChI=1S/C12H20ClN3OS/c1-8-9(13)15-11(12(2,3)4)16-10(8)14-6-7-18(5)17/h6-7H2,1-5H3,(H,14,15,16). The first-order valence-electron chi connectivity index (χ1n) is 5.80. The van der Waals surface area contributed by atoms with E-state index in [0.29, 0.717) is 23.3 Å². The van der Waals surface area contributed by atoms with E-state index < -0.39 is 10.8 Å². The average Bonchev–Trinajstić information content (AvgIpc) is 2.22. The summed E-state index contributed by atoms with van der Waals surface area (Å²) in [6.45, 7) is 8.61. The first-order chi connectivity index (χ1) is 8.21. The van der Waals surface area contributed by atoms with Crippen LogP contribution < -0.4 is 5.32 Å². The molecule has 4 nitrogen and oxygen atoms in total. The first-order valence-corrected chi connectivity index (χ1v) is 7.91. The zero-order chi connectivity index (χ0) is 13.9. The second-order valence-electron chi connectivity index (χ2n) is 5.27. The molecule has 1 aromatic rings. The summed E-state index contributed by atoms with van der Waals surface area (Å²) in [5.41, 5.74) is 0.674. The van der Waals surface area contributed by atoms with Gasteiger partial charge in [-0.05, 0) is 6.92 Å². The third-order valence-electron chi connectivity index (χ3n) is 2.44. The highest BCUT2D eigenvalue weighted by Gasteiger charge is 2.20. The van der Waals surface area contributed by atoms with Crippen molar-refractivity contribution < 1.29 is 4.21 Å². The molecule has 0 fully saturated rings. The van der Waals surface area contributed by atoms with Crippen LogP contribution in [0, 0.1) is 6.92 Å². The molecule has 1 heterocycles. The van der Waals surface area contributed by atoms with E-state index in [9.17, 15) is 4.21 Å². The fourth-order valence-corrected chi connectivity index (χ4v) is 1.87. The van der Waals surface area contributed by atoms with Gasteiger partial charge in [-0.25, -0.2) is 9.97 Å². The smallest absolute Gasteiger partial charge is 0.137 e. The number of nitrogens with one attached hydrogen (secondary N) is 1. The lowest BCUT2D eigenvalue weighted by Gasteiger charge is -2.19. The molecule has 6 heteroatoms. The number of hydrogen-bond acceptors (Lipinski definition) is 4. The molecule has 0 radical (unpaired) electrons. The minimum atomic E-state index is -0.813. The van der Waals surface area contributed by atoms with Crippen molar-refractivity contribution in [3.63, 3.8) is 0 Å². The van der Waals surface area contributed by atoms with Gasteiger partial charge in [-0.15, -0.1) is 0 Å². The number of anilines is 1. The highest BCUT2D eigenvalue weighted by molar-refractivity contribution is 7.84. The highest BCUT2D eigenvalue weighted by Crippen LogP contribution is 2.25. The summed E-state index contributed by atoms with van der Waals surface area (Å²) in [6.07, 6.45) is 1.68. The van der Waals surface area contributed by atoms with Crippen molar-refractivity contribution in [3.05, 3.63) is 16.5 Å². The summed E-state index contributed by atoms with van der Waals surface area (Å²) in [5.74, 6) is 2.02. The molecule has 0 bridgehead atoms. The van der Waals surface area contributed by atoms with E-state index in [1.807, 2.05) is 27.7 Å². The van der Waals surface area contributed by atoms with Crippen molar-refractivity contribution in [2.45, 2.75) is 33.1 Å². The lowest BCUT2D eigenvalue weighted by Crippen LogP contribution is -2.19. The summed E-state index contributed by atoms with van der Waals surface area (Å²) < 4.78 is 11.0. The van der Waals surface area contributed by atoms with Crippen molar-refractivity contribution in [2.75, 3.05) is 23.9 Å². The molecule has 1 unspecified atom stereocenters. The number of hydrogen-bond donors (Lipinski definition) is 1. The average molecular weight is 290 g/mol. The van der Waals surface area contributed by atoms with Crippen molar-refractivity contribution in [3.8, 4) is 0 Å². The zero-order valence-electron chi connectivity index (χ0n) is 11.5. The van der Waals surface area contributed by atoms with Gasteiger partial charge < -0.3 is 5.32 Å². The number of nitrogens with zero attached hydrogens (tertiary/aromatic N) is 2. The Bertz CT molecular complexity index is 457. The van der Waals surface area contributed by atoms with Gasteiger partial charge in [-0.1, -0.05) is 32.4 Å². The van der Waals surface area contributed by atoms with Crippen LogP contribution in [0.2, 0.25) is 5.15 Å². The Morgan fingerprint density at radius 1 is 1.33 bits per heavy atom. The Balaban J connectivity index is 2.96. The van der Waals surface area contributed by atoms with Crippen LogP contribution in [0.1, 0.15) is 32.2 Å². The molecule has 0 aliphatic rings. The monoisotopic (exact) mass is 289 g/mol. The van der Waals surface area contributed by atoms with Gasteiger partial charge in [0.2, 0.25) is 0 Å². The summed E-state index contributed by atoms with van der Waals surface area (Å²) in [5, 5.41) is 3.64. The van der Waals surface area contributed by atoms with Crippen LogP contribution in [0.5, 0.6) is 0 Å². The molecular formula is C12H20ClN3OS. The Labute approximate surface area is 116 Å². The Hall–Kier alpha value is -0.680. The van der Waals surface area contributed by atoms with Crippen LogP contribution in [0.4, 0.5) is 5.82 Å². The predicted molar refractivity (Wildman–Crippen MR) is 77.9 cm³/mol. The fraction of sp³-hybridized carbons (Fsp3) is 0.667. The van der Waals surface area contributed by atoms with E-state index in [4.69, 9.17) is 11.6 Å². The summed E-state index contributed by atoms with van der Waals surface area (Å²) in [4.78, 5) is 8.80. The van der Waals surface area contributed by atoms with Crippen LogP contribution in [0.3, 0.4) is 0 Å². The molecule has 0 saturated heterocycles. The fourth-order valence-electron chi connectivity index (χ4n) is 1.31. The van der Waals surface area contributed by atoms with E-state index in [1.54, 1.807) is 6.26 Å². The molecule has 0 saturated carbocycles. The van der Waals surface area contributed by atoms with Gasteiger partial charge in [0.1, 0.15) is 16.8 Å². The molecule has 1 rings (SSSR count). The summed E-state index contributed by atoms with van der Waals surface area (Å²) in [6, 6.07) is 0. The molecule has 102 valence electrons. The minimum absolute atomic E-state index is 0.151. The van der Waals surface area contributed by atoms with Crippen LogP contribution in [-0.2, 0) is 16.2 Å². The topological polar surface area (TPSA) is 54.9 Å². The predicted octanol–water partition coefficient (Wildman–Crippen LogP) is 2.53. The van der Waals surface area contributed by atoms with Crippen LogP contribution in [-0.4, -0.2) is 32.7 Å². The molecule has 1 atom stereocenters. The molecule has 1 aromatic heterocycles. The number of rotatable bonds is 4. The third kappa shape index (κ3) is 4.21. The normalized spacial score (nSPS) is 13.4. The maximum Gasteiger partial charge on any atom is 0.137 e. The van der Waals surface area contributed by atoms with Gasteiger partial charge in [-0.2, -0.15) is 0 Å². The van der Waals surface area contributed by atoms with Crippen molar-refractivity contribution >= 4 is 28.2 Å². The van der Waals surface area contributed by atoms with Crippen LogP contribution in [0.25, 0.3) is 0 Å². The maximum atomic E-state index is 11.0. The number of aromatic nitrogens is 2. The lowest BCUT2D eigenvalue weighted by molar-refractivity contribution is 0.545. The van der Waals surface area contributed by atoms with E-state index >= 15 is 0 Å². The molecule has 0 aliphatic carbocycles. The van der Waals surface area contributed by atoms with Gasteiger partial charge in [0.05, 0.1) is 0 Å². The van der Waals surface area contributed by atoms with Gasteiger partial charge in [0.25, 0.3) is 0 Å². The molecule has 18 heavy (non-hydrogen) atoms. The molecule has 0 aliphatic heterocycles. The SMILES string of the molecule is Cc1c(Cl)nc(C(C)(C)C)nc1NCCS(C)=O. The second kappa shape index (κ2) is 5.97. The summed E-state index contributed by atoms with van der Waals surface area (Å²) in [7, 11) is -0.813. The Morgan fingerprint density at radius 3 is 2.44 bits per heavy atom. The van der Waals surface area contributed by atoms with Gasteiger partial charge in [0, 0.05) is 40.3 Å². The largest absolute Gasteiger partial charge is 0.369 e. The van der Waals surface area contributed by atoms with Crippen molar-refractivity contribution in [1.29, 1.82) is 0 Å². The first kappa shape index (κ1) is 15.4. The molecule has 0 aromatic carbocycles. The van der Waals surface area contributed by atoms with Crippen molar-refractivity contribution in [2.24, 2.45) is 0 Å². The van der Waals surface area contributed by atoms with Crippen LogP contribution in [0.15, 0.2) is 0 Å². The lowest BCUT2D eigenvalue weighted by atomic mass is 9.95. The molecule has 1 N–H and O–H groups in total. The second-order valence-corrected chi connectivity index (χ2v) is 7.18. The summed E-state index contributed by atoms with van der Waals surface area (Å²) >= 11 is 6.12. The van der Waals surface area contributed by atoms with Gasteiger partial charge in [-0.3, -0.25) is 4.21 Å². The Kier molecular flexibility index (Phi) is 5.10. The molecular weight excluding hydrogens is 270 g/mol. The third-order valence-corrected chi connectivity index (χ3v) is 3.59. The minimum Gasteiger partial charge on any atom is -0.369 e. The van der Waals surface area contributed by atoms with E-state index in [-0.39, 0.29) is 5.41 Å². The quantitative estimate of drug-likeness (QED) is 0.866. The zero-order valence-corrected chi connectivity index (χ0v) is 13.1. The Morgan fingerprint density at radius 2 is 1.94 bits per heavy atom. The number of halogens is 1. The highest BCUT2D eigenvalue weighted by atomic mass is 35.5. The van der Waals surface area contributed by atoms with E-state index in [2.05, 4.69) is 15.3 Å². The van der Waals surface area contributed by atoms with E-state index in [1.165, 1.54) is 0 Å². The molecule has 0 spiro atoms. The van der Waals surface area contributed by atoms with Crippen molar-refractivity contribution in [1.82, 2.24) is 9.97 Å². The van der Waals surface area contributed by atoms with Gasteiger partial charge >= 0.3 is 0 Å². The maximum absolute atomic E-state index is 11.0. The molecule has 0 amide bonds. The van der Waals surface area contributed by atoms with E-state index in [0.717, 1.165) is 11.4 Å². The van der Waals surface area contributed by atoms with Crippen LogP contribution >= 0.6 is 11.6 Å². The van der Waals surface area contributed by atoms with Gasteiger partial charge in [0.15, 0.2) is 0 Å².